The number of nitrogens with one attached hydrogen (secondary N) is 1. The van der Waals surface area contributed by atoms with Crippen molar-refractivity contribution in [2.24, 2.45) is 0 Å². The lowest BCUT2D eigenvalue weighted by Gasteiger charge is -2.28. The number of hydrogen-bond acceptors (Lipinski definition) is 5. The van der Waals surface area contributed by atoms with E-state index >= 15 is 0 Å². The summed E-state index contributed by atoms with van der Waals surface area (Å²) >= 11 is 0. The van der Waals surface area contributed by atoms with Crippen LogP contribution in [0, 0.1) is 0 Å². The van der Waals surface area contributed by atoms with Crippen LogP contribution in [0.5, 0.6) is 11.6 Å². The summed E-state index contributed by atoms with van der Waals surface area (Å²) in [6.45, 7) is 4.56. The van der Waals surface area contributed by atoms with Crippen LogP contribution in [0.15, 0.2) is 48.5 Å². The van der Waals surface area contributed by atoms with Crippen molar-refractivity contribution in [3.8, 4) is 11.6 Å². The Hall–Kier alpha value is -2.44. The normalized spacial score (nSPS) is 19.8. The Labute approximate surface area is 147 Å². The molecule has 2 heterocycles. The number of amides is 1. The van der Waals surface area contributed by atoms with Crippen molar-refractivity contribution >= 4 is 11.7 Å². The summed E-state index contributed by atoms with van der Waals surface area (Å²) in [7, 11) is 0. The van der Waals surface area contributed by atoms with Gasteiger partial charge >= 0.3 is 0 Å². The molecule has 6 heteroatoms. The van der Waals surface area contributed by atoms with E-state index in [9.17, 15) is 4.79 Å². The highest BCUT2D eigenvalue weighted by atomic mass is 16.6. The molecule has 3 rings (SSSR count). The minimum Gasteiger partial charge on any atom is -0.439 e. The first kappa shape index (κ1) is 17.4. The zero-order valence-electron chi connectivity index (χ0n) is 14.4. The zero-order valence-corrected chi connectivity index (χ0v) is 14.4. The number of para-hydroxylation sites is 1. The molecular weight excluding hydrogens is 320 g/mol. The van der Waals surface area contributed by atoms with Gasteiger partial charge in [-0.25, -0.2) is 0 Å². The first-order valence-electron chi connectivity index (χ1n) is 8.34. The van der Waals surface area contributed by atoms with Crippen molar-refractivity contribution in [3.05, 3.63) is 48.5 Å². The Morgan fingerprint density at radius 2 is 2.00 bits per heavy atom. The van der Waals surface area contributed by atoms with E-state index < -0.39 is 5.60 Å². The Kier molecular flexibility index (Phi) is 5.31. The van der Waals surface area contributed by atoms with Gasteiger partial charge in [0.15, 0.2) is 5.60 Å². The van der Waals surface area contributed by atoms with Gasteiger partial charge in [0.1, 0.15) is 11.6 Å². The first-order valence-corrected chi connectivity index (χ1v) is 8.34. The second-order valence-corrected chi connectivity index (χ2v) is 6.19. The average Bonchev–Trinajstić information content (AvgIpc) is 3.05. The third-order valence-electron chi connectivity index (χ3n) is 3.79. The lowest BCUT2D eigenvalue weighted by Crippen LogP contribution is -2.47. The fraction of sp³-hybridized carbons (Fsp3) is 0.368. The minimum atomic E-state index is -0.966. The van der Waals surface area contributed by atoms with Crippen molar-refractivity contribution in [2.75, 3.05) is 18.5 Å². The second kappa shape index (κ2) is 7.63. The van der Waals surface area contributed by atoms with Crippen LogP contribution >= 0.6 is 0 Å². The molecule has 1 atom stereocenters. The van der Waals surface area contributed by atoms with Crippen molar-refractivity contribution in [1.82, 2.24) is 4.98 Å². The van der Waals surface area contributed by atoms with E-state index in [1.807, 2.05) is 44.2 Å². The Morgan fingerprint density at radius 1 is 1.20 bits per heavy atom. The number of pyridine rings is 1. The van der Waals surface area contributed by atoms with Crippen LogP contribution < -0.4 is 10.1 Å². The number of anilines is 1. The minimum absolute atomic E-state index is 0.0758. The van der Waals surface area contributed by atoms with Gasteiger partial charge < -0.3 is 19.5 Å². The molecule has 0 bridgehead atoms. The monoisotopic (exact) mass is 342 g/mol. The summed E-state index contributed by atoms with van der Waals surface area (Å²) in [5.41, 5.74) is -0.966. The molecule has 1 amide bonds. The number of ether oxygens (including phenoxy) is 3. The van der Waals surface area contributed by atoms with Crippen LogP contribution in [0.1, 0.15) is 20.3 Å². The van der Waals surface area contributed by atoms with E-state index in [0.29, 0.717) is 30.5 Å². The number of carbonyl (C=O) groups is 1. The summed E-state index contributed by atoms with van der Waals surface area (Å²) in [6, 6.07) is 14.6. The number of nitrogens with zero attached hydrogens (tertiary/aromatic N) is 1. The highest BCUT2D eigenvalue weighted by molar-refractivity contribution is 5.97. The van der Waals surface area contributed by atoms with Gasteiger partial charge in [-0.05, 0) is 32.0 Å². The van der Waals surface area contributed by atoms with E-state index in [0.717, 1.165) is 0 Å². The van der Waals surface area contributed by atoms with E-state index in [1.54, 1.807) is 18.2 Å². The maximum absolute atomic E-state index is 12.7. The number of aromatic nitrogens is 1. The maximum atomic E-state index is 12.7. The van der Waals surface area contributed by atoms with Crippen molar-refractivity contribution in [2.45, 2.75) is 32.0 Å². The van der Waals surface area contributed by atoms with Gasteiger partial charge in [-0.2, -0.15) is 4.98 Å². The lowest BCUT2D eigenvalue weighted by atomic mass is 10.0. The molecule has 0 aliphatic carbocycles. The molecule has 1 saturated heterocycles. The van der Waals surface area contributed by atoms with Crippen LogP contribution in [-0.2, 0) is 14.3 Å². The van der Waals surface area contributed by atoms with Gasteiger partial charge in [0.05, 0.1) is 19.3 Å². The summed E-state index contributed by atoms with van der Waals surface area (Å²) in [4.78, 5) is 17.1. The fourth-order valence-corrected chi connectivity index (χ4v) is 2.70. The molecule has 0 radical (unpaired) electrons. The second-order valence-electron chi connectivity index (χ2n) is 6.19. The van der Waals surface area contributed by atoms with E-state index in [4.69, 9.17) is 14.2 Å². The van der Waals surface area contributed by atoms with Gasteiger partial charge in [-0.15, -0.1) is 0 Å². The molecule has 0 spiro atoms. The smallest absolute Gasteiger partial charge is 0.260 e. The average molecular weight is 342 g/mol. The van der Waals surface area contributed by atoms with Crippen LogP contribution in [0.2, 0.25) is 0 Å². The predicted molar refractivity (Wildman–Crippen MR) is 93.8 cm³/mol. The largest absolute Gasteiger partial charge is 0.439 e. The zero-order chi connectivity index (χ0) is 17.7. The highest BCUT2D eigenvalue weighted by Gasteiger charge is 2.44. The van der Waals surface area contributed by atoms with Crippen molar-refractivity contribution in [3.63, 3.8) is 0 Å². The first-order chi connectivity index (χ1) is 12.1. The number of benzene rings is 1. The Bertz CT molecular complexity index is 712. The molecule has 1 unspecified atom stereocenters. The maximum Gasteiger partial charge on any atom is 0.260 e. The van der Waals surface area contributed by atoms with Crippen LogP contribution in [0.4, 0.5) is 5.82 Å². The van der Waals surface area contributed by atoms with Gasteiger partial charge in [0.25, 0.3) is 5.91 Å². The third-order valence-corrected chi connectivity index (χ3v) is 3.79. The Balaban J connectivity index is 1.72. The standard InChI is InChI=1S/C19H22N2O4/c1-14(2)25-19(11-12-23-13-19)18(22)21-16-9-6-10-17(20-16)24-15-7-4-3-5-8-15/h3-10,14H,11-13H2,1-2H3,(H,20,21,22). The van der Waals surface area contributed by atoms with Gasteiger partial charge in [-0.1, -0.05) is 24.3 Å². The summed E-state index contributed by atoms with van der Waals surface area (Å²) in [5.74, 6) is 1.26. The molecule has 1 aliphatic heterocycles. The topological polar surface area (TPSA) is 69.7 Å². The summed E-state index contributed by atoms with van der Waals surface area (Å²) in [5, 5.41) is 2.82. The molecule has 1 aromatic heterocycles. The molecule has 1 N–H and O–H groups in total. The van der Waals surface area contributed by atoms with Gasteiger partial charge in [0.2, 0.25) is 5.88 Å². The molecule has 6 nitrogen and oxygen atoms in total. The third kappa shape index (κ3) is 4.35. The summed E-state index contributed by atoms with van der Waals surface area (Å²) in [6.07, 6.45) is 0.449. The summed E-state index contributed by atoms with van der Waals surface area (Å²) < 4.78 is 17.0. The van der Waals surface area contributed by atoms with Crippen LogP contribution in [-0.4, -0.2) is 35.8 Å². The van der Waals surface area contributed by atoms with E-state index in [2.05, 4.69) is 10.3 Å². The molecule has 1 fully saturated rings. The Morgan fingerprint density at radius 3 is 2.68 bits per heavy atom. The number of rotatable bonds is 6. The fourth-order valence-electron chi connectivity index (χ4n) is 2.70. The quantitative estimate of drug-likeness (QED) is 0.871. The molecule has 0 saturated carbocycles. The van der Waals surface area contributed by atoms with Crippen molar-refractivity contribution in [1.29, 1.82) is 0 Å². The van der Waals surface area contributed by atoms with Crippen LogP contribution in [0.3, 0.4) is 0 Å². The molecule has 1 aliphatic rings. The SMILES string of the molecule is CC(C)OC1(C(=O)Nc2cccc(Oc3ccccc3)n2)CCOC1. The van der Waals surface area contributed by atoms with Gasteiger partial charge in [-0.3, -0.25) is 4.79 Å². The predicted octanol–water partition coefficient (Wildman–Crippen LogP) is 3.40. The number of carbonyl (C=O) groups excluding carboxylic acids is 1. The molecular formula is C19H22N2O4. The molecule has 25 heavy (non-hydrogen) atoms. The van der Waals surface area contributed by atoms with E-state index in [1.165, 1.54) is 0 Å². The van der Waals surface area contributed by atoms with E-state index in [-0.39, 0.29) is 18.6 Å². The lowest BCUT2D eigenvalue weighted by molar-refractivity contribution is -0.147. The molecule has 2 aromatic rings. The highest BCUT2D eigenvalue weighted by Crippen LogP contribution is 2.27. The van der Waals surface area contributed by atoms with Gasteiger partial charge in [0, 0.05) is 12.5 Å². The molecule has 1 aromatic carbocycles. The van der Waals surface area contributed by atoms with Crippen molar-refractivity contribution < 1.29 is 19.0 Å². The van der Waals surface area contributed by atoms with Crippen LogP contribution in [0.25, 0.3) is 0 Å². The number of hydrogen-bond donors (Lipinski definition) is 1. The molecule has 132 valence electrons.